The molecule has 0 amide bonds. The van der Waals surface area contributed by atoms with Crippen LogP contribution in [0.2, 0.25) is 0 Å². The van der Waals surface area contributed by atoms with Gasteiger partial charge in [0.05, 0.1) is 5.56 Å². The van der Waals surface area contributed by atoms with Gasteiger partial charge in [-0.2, -0.15) is 0 Å². The van der Waals surface area contributed by atoms with Crippen LogP contribution in [0, 0.1) is 11.6 Å². The molecule has 0 atom stereocenters. The molecule has 1 aromatic carbocycles. The molecule has 5 nitrogen and oxygen atoms in total. The van der Waals surface area contributed by atoms with E-state index in [1.54, 1.807) is 0 Å². The highest BCUT2D eigenvalue weighted by Crippen LogP contribution is 2.33. The SMILES string of the molecule is O=C(O)c1cc(-c2c(F)ccc(F)c2O)no1. The van der Waals surface area contributed by atoms with Gasteiger partial charge in [-0.3, -0.25) is 0 Å². The van der Waals surface area contributed by atoms with Crippen molar-refractivity contribution in [2.75, 3.05) is 0 Å². The summed E-state index contributed by atoms with van der Waals surface area (Å²) in [5.41, 5.74) is -0.835. The third-order valence-electron chi connectivity index (χ3n) is 2.05. The molecule has 0 saturated carbocycles. The fourth-order valence-corrected chi connectivity index (χ4v) is 1.28. The summed E-state index contributed by atoms with van der Waals surface area (Å²) in [6.45, 7) is 0. The molecule has 0 fully saturated rings. The Morgan fingerprint density at radius 2 is 1.94 bits per heavy atom. The second kappa shape index (κ2) is 3.85. The van der Waals surface area contributed by atoms with E-state index in [1.807, 2.05) is 0 Å². The number of phenolic OH excluding ortho intramolecular Hbond substituents is 1. The second-order valence-electron chi connectivity index (χ2n) is 3.13. The number of halogens is 2. The van der Waals surface area contributed by atoms with E-state index in [0.717, 1.165) is 18.2 Å². The first-order valence-corrected chi connectivity index (χ1v) is 4.38. The van der Waals surface area contributed by atoms with Gasteiger partial charge in [0.2, 0.25) is 5.76 Å². The van der Waals surface area contributed by atoms with Crippen molar-refractivity contribution in [3.05, 3.63) is 35.6 Å². The van der Waals surface area contributed by atoms with Crippen LogP contribution >= 0.6 is 0 Å². The Kier molecular flexibility index (Phi) is 2.51. The zero-order valence-corrected chi connectivity index (χ0v) is 8.15. The maximum Gasteiger partial charge on any atom is 0.374 e. The molecule has 0 saturated heterocycles. The number of rotatable bonds is 2. The average Bonchev–Trinajstić information content (AvgIpc) is 2.73. The standard InChI is InChI=1S/C10H5F2NO4/c11-4-1-2-5(12)9(14)8(4)6-3-7(10(15)16)17-13-6/h1-3,14H,(H,15,16). The fraction of sp³-hybridized carbons (Fsp3) is 0. The van der Waals surface area contributed by atoms with Gasteiger partial charge in [-0.05, 0) is 12.1 Å². The van der Waals surface area contributed by atoms with E-state index in [-0.39, 0.29) is 5.69 Å². The average molecular weight is 241 g/mol. The van der Waals surface area contributed by atoms with E-state index >= 15 is 0 Å². The maximum absolute atomic E-state index is 13.4. The third kappa shape index (κ3) is 1.82. The van der Waals surface area contributed by atoms with Crippen molar-refractivity contribution in [1.29, 1.82) is 0 Å². The van der Waals surface area contributed by atoms with Gasteiger partial charge in [-0.15, -0.1) is 0 Å². The largest absolute Gasteiger partial charge is 0.504 e. The molecule has 2 aromatic rings. The number of carbonyl (C=O) groups is 1. The van der Waals surface area contributed by atoms with Crippen molar-refractivity contribution >= 4 is 5.97 Å². The van der Waals surface area contributed by atoms with Crippen LogP contribution in [0.15, 0.2) is 22.7 Å². The molecule has 0 radical (unpaired) electrons. The second-order valence-corrected chi connectivity index (χ2v) is 3.13. The predicted molar refractivity (Wildman–Crippen MR) is 50.5 cm³/mol. The van der Waals surface area contributed by atoms with Crippen LogP contribution in [0.3, 0.4) is 0 Å². The molecule has 88 valence electrons. The molecule has 2 N–H and O–H groups in total. The molecular formula is C10H5F2NO4. The summed E-state index contributed by atoms with van der Waals surface area (Å²) < 4.78 is 30.8. The van der Waals surface area contributed by atoms with E-state index < -0.39 is 34.7 Å². The number of phenols is 1. The van der Waals surface area contributed by atoms with Crippen molar-refractivity contribution in [1.82, 2.24) is 5.16 Å². The highest BCUT2D eigenvalue weighted by Gasteiger charge is 2.20. The molecular weight excluding hydrogens is 236 g/mol. The summed E-state index contributed by atoms with van der Waals surface area (Å²) in [6.07, 6.45) is 0. The van der Waals surface area contributed by atoms with Crippen LogP contribution in [0.1, 0.15) is 10.6 Å². The first kappa shape index (κ1) is 11.1. The van der Waals surface area contributed by atoms with E-state index in [4.69, 9.17) is 5.11 Å². The van der Waals surface area contributed by atoms with Crippen LogP contribution in [-0.2, 0) is 0 Å². The lowest BCUT2D eigenvalue weighted by molar-refractivity contribution is 0.0652. The highest BCUT2D eigenvalue weighted by molar-refractivity contribution is 5.86. The summed E-state index contributed by atoms with van der Waals surface area (Å²) in [6, 6.07) is 2.42. The molecule has 7 heteroatoms. The number of benzene rings is 1. The minimum Gasteiger partial charge on any atom is -0.504 e. The summed E-state index contributed by atoms with van der Waals surface area (Å²) in [7, 11) is 0. The number of carboxylic acids is 1. The first-order chi connectivity index (χ1) is 8.00. The predicted octanol–water partition coefficient (Wildman–Crippen LogP) is 2.02. The molecule has 0 unspecified atom stereocenters. The maximum atomic E-state index is 13.4. The van der Waals surface area contributed by atoms with Crippen LogP contribution in [0.5, 0.6) is 5.75 Å². The Bertz CT molecular complexity index is 594. The fourth-order valence-electron chi connectivity index (χ4n) is 1.28. The van der Waals surface area contributed by atoms with Crippen LogP contribution in [0.4, 0.5) is 8.78 Å². The minimum atomic E-state index is -1.40. The number of nitrogens with zero attached hydrogens (tertiary/aromatic N) is 1. The van der Waals surface area contributed by atoms with E-state index in [9.17, 15) is 18.7 Å². The molecule has 0 bridgehead atoms. The molecule has 0 aliphatic rings. The molecule has 0 aliphatic heterocycles. The van der Waals surface area contributed by atoms with Gasteiger partial charge in [0.25, 0.3) is 0 Å². The Hall–Kier alpha value is -2.44. The normalized spacial score (nSPS) is 10.5. The lowest BCUT2D eigenvalue weighted by Crippen LogP contribution is -1.92. The lowest BCUT2D eigenvalue weighted by atomic mass is 10.1. The van der Waals surface area contributed by atoms with Crippen molar-refractivity contribution in [3.63, 3.8) is 0 Å². The molecule has 2 rings (SSSR count). The van der Waals surface area contributed by atoms with Gasteiger partial charge in [0.15, 0.2) is 11.6 Å². The lowest BCUT2D eigenvalue weighted by Gasteiger charge is -2.02. The smallest absolute Gasteiger partial charge is 0.374 e. The zero-order chi connectivity index (χ0) is 12.6. The van der Waals surface area contributed by atoms with Gasteiger partial charge in [0.1, 0.15) is 11.5 Å². The quantitative estimate of drug-likeness (QED) is 0.840. The number of aromatic carboxylic acids is 1. The van der Waals surface area contributed by atoms with Gasteiger partial charge in [-0.1, -0.05) is 5.16 Å². The Balaban J connectivity index is 2.60. The highest BCUT2D eigenvalue weighted by atomic mass is 19.1. The summed E-state index contributed by atoms with van der Waals surface area (Å²) in [5, 5.41) is 21.2. The molecule has 1 aromatic heterocycles. The monoisotopic (exact) mass is 241 g/mol. The van der Waals surface area contributed by atoms with Crippen molar-refractivity contribution in [3.8, 4) is 17.0 Å². The van der Waals surface area contributed by atoms with Gasteiger partial charge in [0, 0.05) is 6.07 Å². The summed E-state index contributed by atoms with van der Waals surface area (Å²) in [4.78, 5) is 10.5. The Morgan fingerprint density at radius 3 is 2.53 bits per heavy atom. The van der Waals surface area contributed by atoms with Gasteiger partial charge in [-0.25, -0.2) is 13.6 Å². The minimum absolute atomic E-state index is 0.295. The van der Waals surface area contributed by atoms with Crippen LogP contribution in [-0.4, -0.2) is 21.3 Å². The van der Waals surface area contributed by atoms with Crippen molar-refractivity contribution in [2.24, 2.45) is 0 Å². The molecule has 0 aliphatic carbocycles. The molecule has 17 heavy (non-hydrogen) atoms. The summed E-state index contributed by atoms with van der Waals surface area (Å²) in [5.74, 6) is -4.87. The zero-order valence-electron chi connectivity index (χ0n) is 8.15. The molecule has 0 spiro atoms. The van der Waals surface area contributed by atoms with Gasteiger partial charge < -0.3 is 14.7 Å². The number of hydrogen-bond donors (Lipinski definition) is 2. The van der Waals surface area contributed by atoms with E-state index in [1.165, 1.54) is 0 Å². The Morgan fingerprint density at radius 1 is 1.29 bits per heavy atom. The first-order valence-electron chi connectivity index (χ1n) is 4.38. The van der Waals surface area contributed by atoms with Crippen LogP contribution < -0.4 is 0 Å². The third-order valence-corrected chi connectivity index (χ3v) is 2.05. The number of aromatic hydroxyl groups is 1. The van der Waals surface area contributed by atoms with Crippen molar-refractivity contribution < 1.29 is 28.3 Å². The van der Waals surface area contributed by atoms with Gasteiger partial charge >= 0.3 is 5.97 Å². The Labute approximate surface area is 92.9 Å². The van der Waals surface area contributed by atoms with Crippen LogP contribution in [0.25, 0.3) is 11.3 Å². The number of carboxylic acid groups (broad SMARTS) is 1. The van der Waals surface area contributed by atoms with E-state index in [2.05, 4.69) is 9.68 Å². The summed E-state index contributed by atoms with van der Waals surface area (Å²) >= 11 is 0. The topological polar surface area (TPSA) is 83.6 Å². The number of aromatic nitrogens is 1. The van der Waals surface area contributed by atoms with E-state index in [0.29, 0.717) is 0 Å². The van der Waals surface area contributed by atoms with Crippen molar-refractivity contribution in [2.45, 2.75) is 0 Å². The molecule has 1 heterocycles. The number of hydrogen-bond acceptors (Lipinski definition) is 4.